The number of methoxy groups -OCH3 is 1. The predicted octanol–water partition coefficient (Wildman–Crippen LogP) is 3.77. The van der Waals surface area contributed by atoms with Crippen LogP contribution >= 0.6 is 0 Å². The van der Waals surface area contributed by atoms with E-state index in [1.165, 1.54) is 12.1 Å². The minimum atomic E-state index is -0.255. The predicted molar refractivity (Wildman–Crippen MR) is 115 cm³/mol. The molecule has 0 bridgehead atoms. The van der Waals surface area contributed by atoms with Crippen molar-refractivity contribution in [2.24, 2.45) is 0 Å². The lowest BCUT2D eigenvalue weighted by molar-refractivity contribution is -0.131. The SMILES string of the molecule is COc1ccc(CCC(=O)N2CCCN(CCCOc3ccc(F)cc3)CC2)cc1. The number of hydrogen-bond acceptors (Lipinski definition) is 4. The Morgan fingerprint density at radius 3 is 2.43 bits per heavy atom. The number of carbonyl (C=O) groups excluding carboxylic acids is 1. The lowest BCUT2D eigenvalue weighted by atomic mass is 10.1. The van der Waals surface area contributed by atoms with Gasteiger partial charge in [-0.25, -0.2) is 4.39 Å². The Kier molecular flexibility index (Phi) is 8.51. The van der Waals surface area contributed by atoms with Gasteiger partial charge in [0.2, 0.25) is 5.91 Å². The Balaban J connectivity index is 1.34. The van der Waals surface area contributed by atoms with Crippen molar-refractivity contribution in [2.75, 3.05) is 46.4 Å². The van der Waals surface area contributed by atoms with Crippen molar-refractivity contribution < 1.29 is 18.7 Å². The summed E-state index contributed by atoms with van der Waals surface area (Å²) in [6, 6.07) is 14.0. The number of hydrogen-bond donors (Lipinski definition) is 0. The Bertz CT molecular complexity index is 780. The first kappa shape index (κ1) is 22.1. The van der Waals surface area contributed by atoms with Crippen LogP contribution in [0.5, 0.6) is 11.5 Å². The van der Waals surface area contributed by atoms with Crippen molar-refractivity contribution >= 4 is 5.91 Å². The molecule has 1 saturated heterocycles. The van der Waals surface area contributed by atoms with Gasteiger partial charge in [0.25, 0.3) is 0 Å². The fourth-order valence-electron chi connectivity index (χ4n) is 3.65. The number of benzene rings is 2. The van der Waals surface area contributed by atoms with Crippen molar-refractivity contribution in [2.45, 2.75) is 25.7 Å². The first-order chi connectivity index (χ1) is 14.6. The van der Waals surface area contributed by atoms with E-state index in [2.05, 4.69) is 4.90 Å². The standard InChI is InChI=1S/C24H31FN2O3/c1-29-22-9-4-20(5-10-22)6-13-24(28)27-16-2-14-26(17-18-27)15-3-19-30-23-11-7-21(25)8-12-23/h4-5,7-12H,2-3,6,13-19H2,1H3. The molecule has 0 radical (unpaired) electrons. The topological polar surface area (TPSA) is 42.0 Å². The van der Waals surface area contributed by atoms with Crippen LogP contribution in [0.2, 0.25) is 0 Å². The van der Waals surface area contributed by atoms with E-state index >= 15 is 0 Å². The molecule has 1 amide bonds. The van der Waals surface area contributed by atoms with E-state index in [1.54, 1.807) is 19.2 Å². The van der Waals surface area contributed by atoms with Crippen molar-refractivity contribution in [1.29, 1.82) is 0 Å². The van der Waals surface area contributed by atoms with Crippen molar-refractivity contribution in [3.05, 3.63) is 59.9 Å². The molecule has 5 nitrogen and oxygen atoms in total. The molecule has 0 unspecified atom stereocenters. The smallest absolute Gasteiger partial charge is 0.222 e. The molecule has 2 aromatic rings. The van der Waals surface area contributed by atoms with Gasteiger partial charge in [-0.2, -0.15) is 0 Å². The highest BCUT2D eigenvalue weighted by Crippen LogP contribution is 2.14. The molecule has 0 spiro atoms. The molecule has 0 atom stereocenters. The Morgan fingerprint density at radius 2 is 1.70 bits per heavy atom. The van der Waals surface area contributed by atoms with Crippen LogP contribution < -0.4 is 9.47 Å². The molecule has 0 aromatic heterocycles. The largest absolute Gasteiger partial charge is 0.497 e. The van der Waals surface area contributed by atoms with Crippen LogP contribution in [0.15, 0.2) is 48.5 Å². The number of halogens is 1. The van der Waals surface area contributed by atoms with E-state index < -0.39 is 0 Å². The van der Waals surface area contributed by atoms with Gasteiger partial charge in [0.05, 0.1) is 13.7 Å². The molecule has 1 aliphatic heterocycles. The van der Waals surface area contributed by atoms with E-state index in [1.807, 2.05) is 29.2 Å². The molecule has 0 aliphatic carbocycles. The third-order valence-electron chi connectivity index (χ3n) is 5.43. The maximum atomic E-state index is 12.9. The molecule has 3 rings (SSSR count). The molecule has 1 heterocycles. The number of amides is 1. The number of nitrogens with zero attached hydrogens (tertiary/aromatic N) is 2. The summed E-state index contributed by atoms with van der Waals surface area (Å²) in [5, 5.41) is 0. The van der Waals surface area contributed by atoms with Gasteiger partial charge in [-0.05, 0) is 67.8 Å². The zero-order valence-corrected chi connectivity index (χ0v) is 17.7. The van der Waals surface area contributed by atoms with Crippen LogP contribution in [0.1, 0.15) is 24.8 Å². The third-order valence-corrected chi connectivity index (χ3v) is 5.43. The van der Waals surface area contributed by atoms with Gasteiger partial charge < -0.3 is 19.3 Å². The average Bonchev–Trinajstić information content (AvgIpc) is 3.02. The highest BCUT2D eigenvalue weighted by molar-refractivity contribution is 5.76. The molecular formula is C24H31FN2O3. The Morgan fingerprint density at radius 1 is 0.967 bits per heavy atom. The van der Waals surface area contributed by atoms with Crippen molar-refractivity contribution in [1.82, 2.24) is 9.80 Å². The monoisotopic (exact) mass is 414 g/mol. The summed E-state index contributed by atoms with van der Waals surface area (Å²) in [6.45, 7) is 5.04. The Labute approximate surface area is 178 Å². The van der Waals surface area contributed by atoms with E-state index in [-0.39, 0.29) is 11.7 Å². The fraction of sp³-hybridized carbons (Fsp3) is 0.458. The first-order valence-corrected chi connectivity index (χ1v) is 10.7. The van der Waals surface area contributed by atoms with Crippen LogP contribution in [0.3, 0.4) is 0 Å². The normalized spacial score (nSPS) is 14.9. The molecule has 1 fully saturated rings. The van der Waals surface area contributed by atoms with Crippen LogP contribution in [-0.2, 0) is 11.2 Å². The molecule has 0 saturated carbocycles. The molecule has 1 aliphatic rings. The maximum Gasteiger partial charge on any atom is 0.222 e. The van der Waals surface area contributed by atoms with Crippen LogP contribution in [0.25, 0.3) is 0 Å². The Hall–Kier alpha value is -2.60. The second-order valence-corrected chi connectivity index (χ2v) is 7.58. The van der Waals surface area contributed by atoms with Gasteiger partial charge in [0.1, 0.15) is 17.3 Å². The van der Waals surface area contributed by atoms with Gasteiger partial charge >= 0.3 is 0 Å². The second-order valence-electron chi connectivity index (χ2n) is 7.58. The van der Waals surface area contributed by atoms with E-state index in [0.717, 1.165) is 63.3 Å². The summed E-state index contributed by atoms with van der Waals surface area (Å²) in [6.07, 6.45) is 3.19. The van der Waals surface area contributed by atoms with Gasteiger partial charge in [-0.3, -0.25) is 4.79 Å². The number of rotatable bonds is 9. The molecule has 162 valence electrons. The van der Waals surface area contributed by atoms with Crippen molar-refractivity contribution in [3.8, 4) is 11.5 Å². The molecule has 2 aromatic carbocycles. The molecule has 0 N–H and O–H groups in total. The highest BCUT2D eigenvalue weighted by Gasteiger charge is 2.18. The number of aryl methyl sites for hydroxylation is 1. The van der Waals surface area contributed by atoms with Gasteiger partial charge in [0, 0.05) is 32.6 Å². The second kappa shape index (κ2) is 11.6. The van der Waals surface area contributed by atoms with Crippen LogP contribution in [0, 0.1) is 5.82 Å². The van der Waals surface area contributed by atoms with Crippen LogP contribution in [-0.4, -0.2) is 62.1 Å². The first-order valence-electron chi connectivity index (χ1n) is 10.7. The summed E-state index contributed by atoms with van der Waals surface area (Å²) >= 11 is 0. The molecule has 30 heavy (non-hydrogen) atoms. The molecule has 6 heteroatoms. The summed E-state index contributed by atoms with van der Waals surface area (Å²) < 4.78 is 23.8. The maximum absolute atomic E-state index is 12.9. The van der Waals surface area contributed by atoms with E-state index in [9.17, 15) is 9.18 Å². The lowest BCUT2D eigenvalue weighted by Gasteiger charge is -2.22. The van der Waals surface area contributed by atoms with Gasteiger partial charge in [-0.1, -0.05) is 12.1 Å². The van der Waals surface area contributed by atoms with Gasteiger partial charge in [0.15, 0.2) is 0 Å². The highest BCUT2D eigenvalue weighted by atomic mass is 19.1. The summed E-state index contributed by atoms with van der Waals surface area (Å²) in [4.78, 5) is 17.0. The van der Waals surface area contributed by atoms with Crippen LogP contribution in [0.4, 0.5) is 4.39 Å². The van der Waals surface area contributed by atoms with E-state index in [0.29, 0.717) is 18.8 Å². The average molecular weight is 415 g/mol. The van der Waals surface area contributed by atoms with Gasteiger partial charge in [-0.15, -0.1) is 0 Å². The quantitative estimate of drug-likeness (QED) is 0.586. The third kappa shape index (κ3) is 7.02. The molecular weight excluding hydrogens is 383 g/mol. The minimum Gasteiger partial charge on any atom is -0.497 e. The zero-order valence-electron chi connectivity index (χ0n) is 17.7. The summed E-state index contributed by atoms with van der Waals surface area (Å²) in [5.41, 5.74) is 1.15. The zero-order chi connectivity index (χ0) is 21.2. The fourth-order valence-corrected chi connectivity index (χ4v) is 3.65. The van der Waals surface area contributed by atoms with Crippen molar-refractivity contribution in [3.63, 3.8) is 0 Å². The summed E-state index contributed by atoms with van der Waals surface area (Å²) in [5.74, 6) is 1.50. The number of carbonyl (C=O) groups is 1. The number of ether oxygens (including phenoxy) is 2. The summed E-state index contributed by atoms with van der Waals surface area (Å²) in [7, 11) is 1.65. The van der Waals surface area contributed by atoms with E-state index in [4.69, 9.17) is 9.47 Å². The minimum absolute atomic E-state index is 0.229. The lowest BCUT2D eigenvalue weighted by Crippen LogP contribution is -2.35.